The first-order chi connectivity index (χ1) is 4.55. The van der Waals surface area contributed by atoms with Crippen LogP contribution in [0.25, 0.3) is 0 Å². The van der Waals surface area contributed by atoms with Crippen LogP contribution in [-0.4, -0.2) is 15.9 Å². The van der Waals surface area contributed by atoms with Gasteiger partial charge in [-0.1, -0.05) is 0 Å². The average molecular weight is 168 g/mol. The maximum absolute atomic E-state index is 9.06. The first-order valence-corrected chi connectivity index (χ1v) is 5.62. The fourth-order valence-corrected chi connectivity index (χ4v) is 2.10. The predicted octanol–water partition coefficient (Wildman–Crippen LogP) is 1.34. The van der Waals surface area contributed by atoms with Crippen LogP contribution in [0.4, 0.5) is 0 Å². The molecule has 4 nitrogen and oxygen atoms in total. The number of rotatable bonds is 4. The van der Waals surface area contributed by atoms with Gasteiger partial charge in [0.1, 0.15) is 0 Å². The molecule has 0 bridgehead atoms. The number of hydrogen-bond donors (Lipinski definition) is 2. The Hall–Kier alpha value is 0.270. The third-order valence-electron chi connectivity index (χ3n) is 1.46. The van der Waals surface area contributed by atoms with Gasteiger partial charge in [0, 0.05) is 0 Å². The van der Waals surface area contributed by atoms with Crippen LogP contribution in [0.5, 0.6) is 0 Å². The molecule has 10 heavy (non-hydrogen) atoms. The summed E-state index contributed by atoms with van der Waals surface area (Å²) in [5.74, 6) is 0. The van der Waals surface area contributed by atoms with Gasteiger partial charge in [-0.3, -0.25) is 0 Å². The molecule has 1 saturated heterocycles. The monoisotopic (exact) mass is 168 g/mol. The SMILES string of the molecule is CCCCCP1(O)(O)OO1. The summed E-state index contributed by atoms with van der Waals surface area (Å²) in [7, 11) is -3.90. The van der Waals surface area contributed by atoms with Crippen molar-refractivity contribution in [2.24, 2.45) is 0 Å². The summed E-state index contributed by atoms with van der Waals surface area (Å²) in [6.07, 6.45) is 3.03. The second kappa shape index (κ2) is 2.40. The third-order valence-corrected chi connectivity index (χ3v) is 3.17. The zero-order chi connectivity index (χ0) is 7.69. The summed E-state index contributed by atoms with van der Waals surface area (Å²) in [5, 5.41) is 0. The van der Waals surface area contributed by atoms with E-state index in [0.29, 0.717) is 0 Å². The minimum atomic E-state index is -3.90. The molecule has 0 aromatic rings. The van der Waals surface area contributed by atoms with Crippen LogP contribution < -0.4 is 0 Å². The van der Waals surface area contributed by atoms with Gasteiger partial charge in [0.05, 0.1) is 0 Å². The fraction of sp³-hybridized carbons (Fsp3) is 1.00. The molecule has 0 aliphatic carbocycles. The van der Waals surface area contributed by atoms with Crippen LogP contribution in [0, 0.1) is 0 Å². The first kappa shape index (κ1) is 8.37. The molecule has 0 spiro atoms. The Bertz CT molecular complexity index is 128. The van der Waals surface area contributed by atoms with Gasteiger partial charge in [-0.25, -0.2) is 0 Å². The Balaban J connectivity index is 2.14. The van der Waals surface area contributed by atoms with E-state index in [-0.39, 0.29) is 6.16 Å². The molecule has 2 N–H and O–H groups in total. The van der Waals surface area contributed by atoms with Crippen molar-refractivity contribution in [2.45, 2.75) is 26.2 Å². The van der Waals surface area contributed by atoms with Crippen molar-refractivity contribution in [1.29, 1.82) is 0 Å². The van der Waals surface area contributed by atoms with Crippen molar-refractivity contribution in [3.63, 3.8) is 0 Å². The second-order valence-electron chi connectivity index (χ2n) is 2.61. The van der Waals surface area contributed by atoms with E-state index in [1.807, 2.05) is 6.92 Å². The Morgan fingerprint density at radius 3 is 2.20 bits per heavy atom. The van der Waals surface area contributed by atoms with Gasteiger partial charge in [-0.05, 0) is 0 Å². The molecule has 1 heterocycles. The zero-order valence-electron chi connectivity index (χ0n) is 5.99. The molecule has 0 aromatic carbocycles. The van der Waals surface area contributed by atoms with E-state index < -0.39 is 7.51 Å². The normalized spacial score (nSPS) is 30.5. The molecule has 1 rings (SSSR count). The van der Waals surface area contributed by atoms with Crippen molar-refractivity contribution in [1.82, 2.24) is 0 Å². The minimum absolute atomic E-state index is 0.249. The van der Waals surface area contributed by atoms with Crippen molar-refractivity contribution in [3.05, 3.63) is 0 Å². The van der Waals surface area contributed by atoms with Gasteiger partial charge in [0.15, 0.2) is 0 Å². The van der Waals surface area contributed by atoms with E-state index in [1.54, 1.807) is 0 Å². The third kappa shape index (κ3) is 2.15. The van der Waals surface area contributed by atoms with Gasteiger partial charge in [-0.15, -0.1) is 0 Å². The van der Waals surface area contributed by atoms with Gasteiger partial charge < -0.3 is 0 Å². The van der Waals surface area contributed by atoms with Crippen LogP contribution in [0.3, 0.4) is 0 Å². The fourth-order valence-electron chi connectivity index (χ4n) is 0.760. The van der Waals surface area contributed by atoms with Crippen LogP contribution in [-0.2, 0) is 9.35 Å². The van der Waals surface area contributed by atoms with Crippen molar-refractivity contribution in [2.75, 3.05) is 6.16 Å². The summed E-state index contributed by atoms with van der Waals surface area (Å²) >= 11 is 0. The van der Waals surface area contributed by atoms with Crippen LogP contribution in [0.1, 0.15) is 26.2 Å². The van der Waals surface area contributed by atoms with Crippen molar-refractivity contribution in [3.8, 4) is 0 Å². The molecular formula is C5H13O4P. The Morgan fingerprint density at radius 1 is 1.20 bits per heavy atom. The molecule has 1 aliphatic rings. The Morgan fingerprint density at radius 2 is 1.80 bits per heavy atom. The van der Waals surface area contributed by atoms with E-state index in [4.69, 9.17) is 9.79 Å². The molecule has 5 heteroatoms. The van der Waals surface area contributed by atoms with Crippen LogP contribution in [0.15, 0.2) is 0 Å². The van der Waals surface area contributed by atoms with Crippen LogP contribution >= 0.6 is 7.51 Å². The summed E-state index contributed by atoms with van der Waals surface area (Å²) in [5.41, 5.74) is 0. The quantitative estimate of drug-likeness (QED) is 0.287. The number of unbranched alkanes of at least 4 members (excludes halogenated alkanes) is 2. The molecule has 62 valence electrons. The maximum atomic E-state index is 9.06. The molecule has 1 fully saturated rings. The molecule has 0 aromatic heterocycles. The van der Waals surface area contributed by atoms with Gasteiger partial charge in [0.25, 0.3) is 0 Å². The van der Waals surface area contributed by atoms with Gasteiger partial charge in [0.2, 0.25) is 0 Å². The van der Waals surface area contributed by atoms with E-state index >= 15 is 0 Å². The molecular weight excluding hydrogens is 155 g/mol. The first-order valence-electron chi connectivity index (χ1n) is 3.46. The average Bonchev–Trinajstić information content (AvgIpc) is 2.45. The summed E-state index contributed by atoms with van der Waals surface area (Å²) in [6, 6.07) is 0. The van der Waals surface area contributed by atoms with Crippen molar-refractivity contribution >= 4 is 7.51 Å². The van der Waals surface area contributed by atoms with Crippen LogP contribution in [0.2, 0.25) is 0 Å². The summed E-state index contributed by atoms with van der Waals surface area (Å²) < 4.78 is 8.34. The standard InChI is InChI=1S/C5H13O4P/c1-2-3-4-5-10(6,7)8-9-10/h6-7H,2-5H2,1H3. The van der Waals surface area contributed by atoms with Gasteiger partial charge in [-0.2, -0.15) is 0 Å². The van der Waals surface area contributed by atoms with Gasteiger partial charge >= 0.3 is 59.0 Å². The van der Waals surface area contributed by atoms with E-state index in [0.717, 1.165) is 19.3 Å². The molecule has 0 atom stereocenters. The molecule has 0 amide bonds. The number of hydrogen-bond acceptors (Lipinski definition) is 4. The predicted molar refractivity (Wildman–Crippen MR) is 37.9 cm³/mol. The topological polar surface area (TPSA) is 65.5 Å². The van der Waals surface area contributed by atoms with E-state index in [1.165, 1.54) is 0 Å². The van der Waals surface area contributed by atoms with E-state index in [9.17, 15) is 0 Å². The molecule has 1 aliphatic heterocycles. The molecule has 0 radical (unpaired) electrons. The Kier molecular flexibility index (Phi) is 2.00. The summed E-state index contributed by atoms with van der Waals surface area (Å²) in [6.45, 7) is 2.04. The second-order valence-corrected chi connectivity index (χ2v) is 5.42. The van der Waals surface area contributed by atoms with E-state index in [2.05, 4.69) is 9.35 Å². The Labute approximate surface area is 60.0 Å². The molecule has 0 unspecified atom stereocenters. The summed E-state index contributed by atoms with van der Waals surface area (Å²) in [4.78, 5) is 18.1. The van der Waals surface area contributed by atoms with Crippen molar-refractivity contribution < 1.29 is 19.1 Å². The molecule has 0 saturated carbocycles. The zero-order valence-corrected chi connectivity index (χ0v) is 6.88.